The molecule has 17 heavy (non-hydrogen) atoms. The smallest absolute Gasteiger partial charge is 0.318 e. The van der Waals surface area contributed by atoms with Crippen LogP contribution in [0.5, 0.6) is 0 Å². The van der Waals surface area contributed by atoms with Gasteiger partial charge in [0.25, 0.3) is 0 Å². The van der Waals surface area contributed by atoms with Gasteiger partial charge < -0.3 is 9.47 Å². The summed E-state index contributed by atoms with van der Waals surface area (Å²) in [6, 6.07) is 0. The molecule has 0 aromatic rings. The van der Waals surface area contributed by atoms with Crippen LogP contribution in [0.15, 0.2) is 0 Å². The minimum Gasteiger partial charge on any atom is -0.465 e. The molecule has 100 valence electrons. The molecule has 0 rings (SSSR count). The van der Waals surface area contributed by atoms with Gasteiger partial charge in [-0.3, -0.25) is 9.59 Å². The number of esters is 2. The van der Waals surface area contributed by atoms with Crippen LogP contribution >= 0.6 is 45.2 Å². The molecule has 0 saturated carbocycles. The number of hydrogen-bond donors (Lipinski definition) is 0. The van der Waals surface area contributed by atoms with Crippen LogP contribution in [-0.2, 0) is 19.1 Å². The molecule has 0 saturated heterocycles. The van der Waals surface area contributed by atoms with Crippen molar-refractivity contribution in [2.45, 2.75) is 41.0 Å². The van der Waals surface area contributed by atoms with Crippen LogP contribution in [0.25, 0.3) is 0 Å². The van der Waals surface area contributed by atoms with E-state index in [2.05, 4.69) is 45.2 Å². The fourth-order valence-electron chi connectivity index (χ4n) is 0.919. The van der Waals surface area contributed by atoms with Gasteiger partial charge in [-0.05, 0) is 12.8 Å². The molecule has 0 aliphatic rings. The highest BCUT2D eigenvalue weighted by molar-refractivity contribution is 14.1. The van der Waals surface area contributed by atoms with Crippen LogP contribution in [0.1, 0.15) is 33.1 Å². The van der Waals surface area contributed by atoms with Gasteiger partial charge in [0.2, 0.25) is 0 Å². The first kappa shape index (κ1) is 17.4. The molecule has 4 nitrogen and oxygen atoms in total. The van der Waals surface area contributed by atoms with E-state index in [9.17, 15) is 9.59 Å². The van der Waals surface area contributed by atoms with Crippen molar-refractivity contribution in [3.8, 4) is 0 Å². The molecule has 0 amide bonds. The third kappa shape index (κ3) is 8.17. The van der Waals surface area contributed by atoms with Gasteiger partial charge in [-0.15, -0.1) is 0 Å². The van der Waals surface area contributed by atoms with Gasteiger partial charge in [0.05, 0.1) is 13.2 Å². The summed E-state index contributed by atoms with van der Waals surface area (Å²) in [5.74, 6) is -0.389. The second-order valence-corrected chi connectivity index (χ2v) is 6.45. The number of halogens is 2. The lowest BCUT2D eigenvalue weighted by Gasteiger charge is -2.09. The zero-order valence-electron chi connectivity index (χ0n) is 10.1. The molecule has 0 radical (unpaired) electrons. The van der Waals surface area contributed by atoms with E-state index in [-0.39, 0.29) is 19.8 Å². The fourth-order valence-corrected chi connectivity index (χ4v) is 1.28. The summed E-state index contributed by atoms with van der Waals surface area (Å²) in [6.07, 6.45) is 2.08. The van der Waals surface area contributed by atoms with E-state index in [1.807, 2.05) is 13.8 Å². The van der Waals surface area contributed by atoms with Gasteiger partial charge in [0.15, 0.2) is 0 Å². The van der Waals surface area contributed by atoms with E-state index in [4.69, 9.17) is 9.47 Å². The predicted octanol–water partition coefficient (Wildman–Crippen LogP) is 2.89. The Morgan fingerprint density at radius 3 is 1.59 bits per heavy atom. The fraction of sp³-hybridized carbons (Fsp3) is 0.818. The van der Waals surface area contributed by atoms with Gasteiger partial charge in [-0.25, -0.2) is 0 Å². The Hall–Kier alpha value is 0.400. The van der Waals surface area contributed by atoms with E-state index in [0.717, 1.165) is 12.8 Å². The summed E-state index contributed by atoms with van der Waals surface area (Å²) in [5, 5.41) is 0. The average Bonchev–Trinajstić information content (AvgIpc) is 2.35. The molecule has 0 aromatic heterocycles. The highest BCUT2D eigenvalue weighted by Crippen LogP contribution is 2.08. The molecule has 2 unspecified atom stereocenters. The van der Waals surface area contributed by atoms with Crippen molar-refractivity contribution in [1.29, 1.82) is 0 Å². The van der Waals surface area contributed by atoms with E-state index in [1.54, 1.807) is 0 Å². The number of hydrogen-bond acceptors (Lipinski definition) is 4. The van der Waals surface area contributed by atoms with Crippen molar-refractivity contribution < 1.29 is 19.1 Å². The van der Waals surface area contributed by atoms with E-state index in [0.29, 0.717) is 19.6 Å². The standard InChI is InChI=1S/C11H18I2O4/c1-3-8(12)10(14)16-6-5-7-17-11(15)9(13)4-2/h8-9H,3-7H2,1-2H3. The zero-order valence-corrected chi connectivity index (χ0v) is 14.4. The second-order valence-electron chi connectivity index (χ2n) is 3.44. The van der Waals surface area contributed by atoms with Crippen molar-refractivity contribution in [2.75, 3.05) is 13.2 Å². The predicted molar refractivity (Wildman–Crippen MR) is 82.7 cm³/mol. The summed E-state index contributed by atoms with van der Waals surface area (Å²) < 4.78 is 9.87. The Morgan fingerprint density at radius 2 is 1.29 bits per heavy atom. The largest absolute Gasteiger partial charge is 0.465 e. The van der Waals surface area contributed by atoms with E-state index >= 15 is 0 Å². The lowest BCUT2D eigenvalue weighted by atomic mass is 10.3. The van der Waals surface area contributed by atoms with Crippen molar-refractivity contribution >= 4 is 57.1 Å². The molecular formula is C11H18I2O4. The van der Waals surface area contributed by atoms with E-state index < -0.39 is 0 Å². The quantitative estimate of drug-likeness (QED) is 0.238. The molecule has 0 bridgehead atoms. The number of rotatable bonds is 8. The van der Waals surface area contributed by atoms with Gasteiger partial charge in [0, 0.05) is 6.42 Å². The molecule has 0 N–H and O–H groups in total. The first-order valence-electron chi connectivity index (χ1n) is 5.64. The number of alkyl halides is 2. The lowest BCUT2D eigenvalue weighted by Crippen LogP contribution is -2.20. The SMILES string of the molecule is CCC(I)C(=O)OCCCOC(=O)C(I)CC. The van der Waals surface area contributed by atoms with Crippen molar-refractivity contribution in [1.82, 2.24) is 0 Å². The minimum absolute atomic E-state index is 0.0889. The Bertz CT molecular complexity index is 222. The normalized spacial score (nSPS) is 13.9. The summed E-state index contributed by atoms with van der Waals surface area (Å²) >= 11 is 4.11. The number of carbonyl (C=O) groups excluding carboxylic acids is 2. The Kier molecular flexibility index (Phi) is 10.6. The molecule has 0 heterocycles. The maximum atomic E-state index is 11.3. The van der Waals surface area contributed by atoms with Crippen LogP contribution in [0.3, 0.4) is 0 Å². The van der Waals surface area contributed by atoms with Gasteiger partial charge in [0.1, 0.15) is 7.85 Å². The maximum Gasteiger partial charge on any atom is 0.318 e. The van der Waals surface area contributed by atoms with Crippen molar-refractivity contribution in [3.05, 3.63) is 0 Å². The molecule has 0 aliphatic carbocycles. The molecule has 0 spiro atoms. The average molecular weight is 468 g/mol. The van der Waals surface area contributed by atoms with Crippen LogP contribution in [0, 0.1) is 0 Å². The number of ether oxygens (including phenoxy) is 2. The van der Waals surface area contributed by atoms with Crippen LogP contribution < -0.4 is 0 Å². The molecule has 0 aliphatic heterocycles. The van der Waals surface area contributed by atoms with Crippen molar-refractivity contribution in [2.24, 2.45) is 0 Å². The Labute approximate surface area is 129 Å². The zero-order chi connectivity index (χ0) is 13.3. The highest BCUT2D eigenvalue weighted by atomic mass is 127. The lowest BCUT2D eigenvalue weighted by molar-refractivity contribution is -0.145. The van der Waals surface area contributed by atoms with E-state index in [1.165, 1.54) is 0 Å². The first-order chi connectivity index (χ1) is 8.02. The topological polar surface area (TPSA) is 52.6 Å². The summed E-state index contributed by atoms with van der Waals surface area (Å²) in [5.41, 5.74) is 0. The molecule has 0 aromatic carbocycles. The monoisotopic (exact) mass is 468 g/mol. The summed E-state index contributed by atoms with van der Waals surface area (Å²) in [4.78, 5) is 22.6. The molecular weight excluding hydrogens is 450 g/mol. The maximum absolute atomic E-state index is 11.3. The number of carbonyl (C=O) groups is 2. The third-order valence-electron chi connectivity index (χ3n) is 2.01. The highest BCUT2D eigenvalue weighted by Gasteiger charge is 2.15. The van der Waals surface area contributed by atoms with Crippen LogP contribution in [-0.4, -0.2) is 33.0 Å². The van der Waals surface area contributed by atoms with Gasteiger partial charge in [-0.1, -0.05) is 59.0 Å². The second kappa shape index (κ2) is 10.3. The molecule has 0 fully saturated rings. The van der Waals surface area contributed by atoms with Crippen molar-refractivity contribution in [3.63, 3.8) is 0 Å². The Balaban J connectivity index is 3.53. The third-order valence-corrected chi connectivity index (χ3v) is 4.78. The van der Waals surface area contributed by atoms with Crippen LogP contribution in [0.4, 0.5) is 0 Å². The first-order valence-corrected chi connectivity index (χ1v) is 8.13. The Morgan fingerprint density at radius 1 is 0.941 bits per heavy atom. The van der Waals surface area contributed by atoms with Gasteiger partial charge in [-0.2, -0.15) is 0 Å². The molecule has 6 heteroatoms. The summed E-state index contributed by atoms with van der Waals surface area (Å²) in [7, 11) is 0. The minimum atomic E-state index is -0.195. The van der Waals surface area contributed by atoms with Gasteiger partial charge >= 0.3 is 11.9 Å². The summed E-state index contributed by atoms with van der Waals surface area (Å²) in [6.45, 7) is 4.49. The van der Waals surface area contributed by atoms with Crippen LogP contribution in [0.2, 0.25) is 0 Å². The molecule has 2 atom stereocenters.